The predicted octanol–water partition coefficient (Wildman–Crippen LogP) is 2.93. The first-order valence-corrected chi connectivity index (χ1v) is 7.13. The molecule has 5 heteroatoms. The average Bonchev–Trinajstić information content (AvgIpc) is 2.48. The van der Waals surface area contributed by atoms with Gasteiger partial charge in [-0.1, -0.05) is 37.6 Å². The highest BCUT2D eigenvalue weighted by atomic mass is 19.1. The van der Waals surface area contributed by atoms with Crippen LogP contribution in [-0.2, 0) is 31.2 Å². The van der Waals surface area contributed by atoms with Crippen LogP contribution >= 0.6 is 0 Å². The van der Waals surface area contributed by atoms with Crippen LogP contribution in [0, 0.1) is 0 Å². The number of ether oxygens (including phenoxy) is 2. The van der Waals surface area contributed by atoms with Gasteiger partial charge in [0.1, 0.15) is 0 Å². The van der Waals surface area contributed by atoms with Gasteiger partial charge >= 0.3 is 17.6 Å². The fraction of sp³-hybridized carbons (Fsp3) is 0.500. The molecule has 1 aromatic rings. The zero-order valence-electron chi connectivity index (χ0n) is 12.6. The summed E-state index contributed by atoms with van der Waals surface area (Å²) >= 11 is 0. The Morgan fingerprint density at radius 3 is 1.86 bits per heavy atom. The molecule has 0 saturated carbocycles. The quantitative estimate of drug-likeness (QED) is 0.573. The zero-order chi connectivity index (χ0) is 15.9. The van der Waals surface area contributed by atoms with Crippen LogP contribution in [0.2, 0.25) is 0 Å². The highest BCUT2D eigenvalue weighted by molar-refractivity contribution is 6.04. The summed E-state index contributed by atoms with van der Waals surface area (Å²) in [6, 6.07) is 6.26. The molecule has 0 unspecified atom stereocenters. The lowest BCUT2D eigenvalue weighted by Gasteiger charge is -2.21. The molecule has 0 amide bonds. The molecule has 0 aromatic heterocycles. The number of esters is 2. The van der Waals surface area contributed by atoms with E-state index >= 15 is 4.39 Å². The molecule has 0 aliphatic rings. The molecule has 0 aliphatic heterocycles. The largest absolute Gasteiger partial charge is 0.463 e. The van der Waals surface area contributed by atoms with Crippen LogP contribution < -0.4 is 0 Å². The third-order valence-electron chi connectivity index (χ3n) is 3.00. The molecule has 116 valence electrons. The van der Waals surface area contributed by atoms with E-state index in [1.165, 1.54) is 12.1 Å². The van der Waals surface area contributed by atoms with Gasteiger partial charge in [-0.05, 0) is 25.8 Å². The Labute approximate surface area is 124 Å². The number of rotatable bonds is 7. The van der Waals surface area contributed by atoms with Gasteiger partial charge < -0.3 is 9.47 Å². The molecule has 1 rings (SSSR count). The lowest BCUT2D eigenvalue weighted by atomic mass is 9.94. The number of carbonyl (C=O) groups excluding carboxylic acids is 2. The predicted molar refractivity (Wildman–Crippen MR) is 76.5 cm³/mol. The Morgan fingerprint density at radius 2 is 1.48 bits per heavy atom. The summed E-state index contributed by atoms with van der Waals surface area (Å²) < 4.78 is 24.4. The molecule has 0 N–H and O–H groups in total. The fourth-order valence-electron chi connectivity index (χ4n) is 1.97. The molecule has 0 radical (unpaired) electrons. The minimum Gasteiger partial charge on any atom is -0.463 e. The second-order valence-electron chi connectivity index (χ2n) is 4.55. The van der Waals surface area contributed by atoms with Crippen molar-refractivity contribution in [3.05, 3.63) is 35.4 Å². The smallest absolute Gasteiger partial charge is 0.360 e. The molecule has 0 spiro atoms. The van der Waals surface area contributed by atoms with E-state index in [0.29, 0.717) is 0 Å². The molecule has 0 saturated heterocycles. The van der Waals surface area contributed by atoms with Gasteiger partial charge in [-0.2, -0.15) is 0 Å². The molecule has 4 nitrogen and oxygen atoms in total. The molecule has 0 fully saturated rings. The second kappa shape index (κ2) is 7.76. The van der Waals surface area contributed by atoms with Crippen LogP contribution in [-0.4, -0.2) is 25.2 Å². The first-order chi connectivity index (χ1) is 10.00. The Hall–Kier alpha value is -1.91. The maximum atomic E-state index is 15.1. The third-order valence-corrected chi connectivity index (χ3v) is 3.00. The molecule has 0 atom stereocenters. The van der Waals surface area contributed by atoms with Crippen molar-refractivity contribution in [1.82, 2.24) is 0 Å². The topological polar surface area (TPSA) is 52.6 Å². The number of benzene rings is 1. The maximum absolute atomic E-state index is 15.1. The van der Waals surface area contributed by atoms with E-state index in [2.05, 4.69) is 0 Å². The van der Waals surface area contributed by atoms with E-state index in [-0.39, 0.29) is 18.8 Å². The Bertz CT molecular complexity index is 464. The molecule has 21 heavy (non-hydrogen) atoms. The summed E-state index contributed by atoms with van der Waals surface area (Å²) in [6.45, 7) is 5.10. The van der Waals surface area contributed by atoms with Crippen LogP contribution in [0.15, 0.2) is 24.3 Å². The van der Waals surface area contributed by atoms with Crippen molar-refractivity contribution in [3.8, 4) is 0 Å². The van der Waals surface area contributed by atoms with Gasteiger partial charge in [0.05, 0.1) is 13.2 Å². The Morgan fingerprint density at radius 1 is 1.00 bits per heavy atom. The number of alkyl halides is 1. The number of aryl methyl sites for hydroxylation is 1. The van der Waals surface area contributed by atoms with Crippen molar-refractivity contribution in [2.24, 2.45) is 0 Å². The zero-order valence-corrected chi connectivity index (χ0v) is 12.6. The van der Waals surface area contributed by atoms with Crippen LogP contribution in [0.4, 0.5) is 4.39 Å². The molecule has 0 bridgehead atoms. The highest BCUT2D eigenvalue weighted by Crippen LogP contribution is 2.30. The summed E-state index contributed by atoms with van der Waals surface area (Å²) in [7, 11) is 0. The first-order valence-electron chi connectivity index (χ1n) is 7.13. The number of carbonyl (C=O) groups is 2. The number of hydrogen-bond donors (Lipinski definition) is 0. The van der Waals surface area contributed by atoms with Crippen LogP contribution in [0.5, 0.6) is 0 Å². The van der Waals surface area contributed by atoms with Crippen LogP contribution in [0.1, 0.15) is 38.3 Å². The molecular weight excluding hydrogens is 275 g/mol. The van der Waals surface area contributed by atoms with Gasteiger partial charge in [-0.25, -0.2) is 14.0 Å². The normalized spacial score (nSPS) is 11.0. The van der Waals surface area contributed by atoms with Crippen molar-refractivity contribution in [2.75, 3.05) is 13.2 Å². The lowest BCUT2D eigenvalue weighted by molar-refractivity contribution is -0.175. The number of hydrogen-bond acceptors (Lipinski definition) is 4. The summed E-state index contributed by atoms with van der Waals surface area (Å²) in [5.41, 5.74) is -1.98. The average molecular weight is 296 g/mol. The van der Waals surface area contributed by atoms with Crippen molar-refractivity contribution < 1.29 is 23.5 Å². The Kier molecular flexibility index (Phi) is 6.34. The van der Waals surface area contributed by atoms with Crippen LogP contribution in [0.3, 0.4) is 0 Å². The fourth-order valence-corrected chi connectivity index (χ4v) is 1.97. The molecule has 0 aliphatic carbocycles. The van der Waals surface area contributed by atoms with Crippen LogP contribution in [0.25, 0.3) is 0 Å². The second-order valence-corrected chi connectivity index (χ2v) is 4.55. The molecular formula is C16H21FO4. The van der Waals surface area contributed by atoms with Crippen molar-refractivity contribution in [1.29, 1.82) is 0 Å². The van der Waals surface area contributed by atoms with Gasteiger partial charge in [0.25, 0.3) is 0 Å². The van der Waals surface area contributed by atoms with Crippen molar-refractivity contribution in [3.63, 3.8) is 0 Å². The standard InChI is InChI=1S/C16H21FO4/c1-4-7-12-8-10-13(11-9-12)16(17,14(18)20-5-2)15(19)21-6-3/h8-11H,4-7H2,1-3H3. The first kappa shape index (κ1) is 17.1. The minimum absolute atomic E-state index is 0.0160. The SMILES string of the molecule is CCCc1ccc(C(F)(C(=O)OCC)C(=O)OCC)cc1. The van der Waals surface area contributed by atoms with E-state index < -0.39 is 17.6 Å². The van der Waals surface area contributed by atoms with Gasteiger partial charge in [0, 0.05) is 5.56 Å². The summed E-state index contributed by atoms with van der Waals surface area (Å²) in [5.74, 6) is -2.49. The molecule has 1 aromatic carbocycles. The van der Waals surface area contributed by atoms with E-state index in [0.717, 1.165) is 18.4 Å². The number of halogens is 1. The van der Waals surface area contributed by atoms with E-state index in [1.807, 2.05) is 6.92 Å². The lowest BCUT2D eigenvalue weighted by Crippen LogP contribution is -2.42. The summed E-state index contributed by atoms with van der Waals surface area (Å²) in [5, 5.41) is 0. The van der Waals surface area contributed by atoms with Crippen molar-refractivity contribution >= 4 is 11.9 Å². The summed E-state index contributed by atoms with van der Waals surface area (Å²) in [6.07, 6.45) is 1.80. The maximum Gasteiger partial charge on any atom is 0.360 e. The Balaban J connectivity index is 3.16. The van der Waals surface area contributed by atoms with Gasteiger partial charge in [-0.15, -0.1) is 0 Å². The minimum atomic E-state index is -2.92. The monoisotopic (exact) mass is 296 g/mol. The molecule has 0 heterocycles. The highest BCUT2D eigenvalue weighted by Gasteiger charge is 2.51. The van der Waals surface area contributed by atoms with E-state index in [9.17, 15) is 9.59 Å². The van der Waals surface area contributed by atoms with Crippen molar-refractivity contribution in [2.45, 2.75) is 39.3 Å². The summed E-state index contributed by atoms with van der Waals surface area (Å²) in [4.78, 5) is 23.8. The van der Waals surface area contributed by atoms with E-state index in [1.54, 1.807) is 26.0 Å². The van der Waals surface area contributed by atoms with Gasteiger partial charge in [0.15, 0.2) is 0 Å². The van der Waals surface area contributed by atoms with Gasteiger partial charge in [-0.3, -0.25) is 0 Å². The third kappa shape index (κ3) is 3.80. The van der Waals surface area contributed by atoms with E-state index in [4.69, 9.17) is 9.47 Å². The van der Waals surface area contributed by atoms with Gasteiger partial charge in [0.2, 0.25) is 0 Å².